The van der Waals surface area contributed by atoms with Gasteiger partial charge in [-0.05, 0) is 17.7 Å². The molecule has 88 valence electrons. The number of hydrogen-bond acceptors (Lipinski definition) is 3. The maximum atomic E-state index is 11.0. The van der Waals surface area contributed by atoms with E-state index in [1.165, 1.54) is 12.2 Å². The van der Waals surface area contributed by atoms with Crippen molar-refractivity contribution in [2.45, 2.75) is 6.42 Å². The molecular formula is C13H12O4. The van der Waals surface area contributed by atoms with Crippen LogP contribution in [-0.2, 0) is 11.2 Å². The Morgan fingerprint density at radius 3 is 2.88 bits per heavy atom. The molecule has 1 N–H and O–H groups in total. The molecule has 1 aromatic carbocycles. The fraction of sp³-hybridized carbons (Fsp3) is 0.154. The second-order valence-electron chi connectivity index (χ2n) is 3.60. The van der Waals surface area contributed by atoms with Crippen molar-refractivity contribution < 1.29 is 19.4 Å². The molecule has 0 aliphatic carbocycles. The van der Waals surface area contributed by atoms with Crippen LogP contribution in [0.2, 0.25) is 0 Å². The van der Waals surface area contributed by atoms with Gasteiger partial charge in [-0.2, -0.15) is 0 Å². The van der Waals surface area contributed by atoms with Gasteiger partial charge in [-0.25, -0.2) is 4.79 Å². The van der Waals surface area contributed by atoms with Crippen molar-refractivity contribution in [1.29, 1.82) is 0 Å². The molecule has 0 aromatic heterocycles. The van der Waals surface area contributed by atoms with Crippen molar-refractivity contribution in [2.24, 2.45) is 0 Å². The summed E-state index contributed by atoms with van der Waals surface area (Å²) >= 11 is 0. The van der Waals surface area contributed by atoms with E-state index in [9.17, 15) is 4.79 Å². The highest BCUT2D eigenvalue weighted by molar-refractivity contribution is 5.87. The zero-order valence-electron chi connectivity index (χ0n) is 9.18. The van der Waals surface area contributed by atoms with Crippen LogP contribution in [0.3, 0.4) is 0 Å². The summed E-state index contributed by atoms with van der Waals surface area (Å²) < 4.78 is 10.4. The van der Waals surface area contributed by atoms with E-state index in [-0.39, 0.29) is 6.79 Å². The minimum atomic E-state index is -0.942. The number of carboxylic acid groups (broad SMARTS) is 1. The quantitative estimate of drug-likeness (QED) is 0.638. The van der Waals surface area contributed by atoms with Crippen LogP contribution < -0.4 is 9.47 Å². The molecule has 0 amide bonds. The summed E-state index contributed by atoms with van der Waals surface area (Å²) in [4.78, 5) is 11.0. The lowest BCUT2D eigenvalue weighted by Crippen LogP contribution is -2.03. The maximum absolute atomic E-state index is 11.0. The van der Waals surface area contributed by atoms with Gasteiger partial charge in [-0.3, -0.25) is 0 Å². The maximum Gasteiger partial charge on any atom is 0.331 e. The van der Waals surface area contributed by atoms with Crippen LogP contribution in [0, 0.1) is 0 Å². The van der Waals surface area contributed by atoms with Crippen molar-refractivity contribution in [1.82, 2.24) is 0 Å². The summed E-state index contributed by atoms with van der Waals surface area (Å²) in [5.41, 5.74) is 1.16. The van der Waals surface area contributed by atoms with Crippen LogP contribution in [0.25, 0.3) is 0 Å². The number of fused-ring (bicyclic) bond motifs is 1. The molecule has 1 aliphatic rings. The van der Waals surface area contributed by atoms with Gasteiger partial charge >= 0.3 is 5.97 Å². The van der Waals surface area contributed by atoms with E-state index in [1.54, 1.807) is 12.1 Å². The molecule has 4 heteroatoms. The molecule has 0 saturated carbocycles. The summed E-state index contributed by atoms with van der Waals surface area (Å²) in [5.74, 6) is 0.409. The number of carbonyl (C=O) groups is 1. The summed E-state index contributed by atoms with van der Waals surface area (Å²) in [6, 6.07) is 5.40. The van der Waals surface area contributed by atoms with E-state index >= 15 is 0 Å². The zero-order valence-corrected chi connectivity index (χ0v) is 9.18. The van der Waals surface area contributed by atoms with Crippen LogP contribution in [0.5, 0.6) is 11.5 Å². The minimum absolute atomic E-state index is 0.215. The fourth-order valence-electron chi connectivity index (χ4n) is 1.62. The first-order valence-electron chi connectivity index (χ1n) is 5.14. The van der Waals surface area contributed by atoms with Crippen LogP contribution >= 0.6 is 0 Å². The van der Waals surface area contributed by atoms with Crippen molar-refractivity contribution in [2.75, 3.05) is 6.79 Å². The Kier molecular flexibility index (Phi) is 3.14. The minimum Gasteiger partial charge on any atom is -0.478 e. The Hall–Kier alpha value is -2.23. The summed E-state index contributed by atoms with van der Waals surface area (Å²) in [6.07, 6.45) is 3.29. The van der Waals surface area contributed by atoms with Gasteiger partial charge in [0.25, 0.3) is 0 Å². The van der Waals surface area contributed by atoms with Gasteiger partial charge in [0.2, 0.25) is 6.79 Å². The molecule has 1 heterocycles. The van der Waals surface area contributed by atoms with Crippen molar-refractivity contribution in [3.63, 3.8) is 0 Å². The molecule has 0 radical (unpaired) electrons. The Labute approximate surface area is 98.8 Å². The number of rotatable bonds is 4. The first-order chi connectivity index (χ1) is 8.20. The Balaban J connectivity index is 2.21. The predicted octanol–water partition coefficient (Wildman–Crippen LogP) is 2.15. The van der Waals surface area contributed by atoms with Gasteiger partial charge in [0.1, 0.15) is 0 Å². The summed E-state index contributed by atoms with van der Waals surface area (Å²) in [6.45, 7) is 3.71. The van der Waals surface area contributed by atoms with E-state index in [4.69, 9.17) is 14.6 Å². The highest BCUT2D eigenvalue weighted by Gasteiger charge is 2.14. The lowest BCUT2D eigenvalue weighted by atomic mass is 10.0. The number of allylic oxidation sites excluding steroid dienone is 2. The Morgan fingerprint density at radius 2 is 2.18 bits per heavy atom. The predicted molar refractivity (Wildman–Crippen MR) is 62.2 cm³/mol. The van der Waals surface area contributed by atoms with Crippen LogP contribution in [0.1, 0.15) is 5.56 Å². The molecule has 1 aromatic rings. The van der Waals surface area contributed by atoms with Crippen molar-refractivity contribution in [3.8, 4) is 11.5 Å². The van der Waals surface area contributed by atoms with Gasteiger partial charge in [-0.1, -0.05) is 24.8 Å². The summed E-state index contributed by atoms with van der Waals surface area (Å²) in [5, 5.41) is 8.99. The Morgan fingerprint density at radius 1 is 1.41 bits per heavy atom. The monoisotopic (exact) mass is 232 g/mol. The first-order valence-corrected chi connectivity index (χ1v) is 5.14. The third-order valence-corrected chi connectivity index (χ3v) is 2.43. The van der Waals surface area contributed by atoms with Gasteiger partial charge < -0.3 is 14.6 Å². The standard InChI is InChI=1S/C13H12O4/c1-2-3-10(13(14)15)6-9-4-5-11-12(7-9)17-8-16-11/h2-5,7H,1,6,8H2,(H,14,15). The highest BCUT2D eigenvalue weighted by Crippen LogP contribution is 2.33. The van der Waals surface area contributed by atoms with Crippen LogP contribution in [0.4, 0.5) is 0 Å². The fourth-order valence-corrected chi connectivity index (χ4v) is 1.62. The average molecular weight is 232 g/mol. The molecule has 0 bridgehead atoms. The molecule has 0 atom stereocenters. The van der Waals surface area contributed by atoms with Gasteiger partial charge in [0.15, 0.2) is 11.5 Å². The van der Waals surface area contributed by atoms with Gasteiger partial charge in [-0.15, -0.1) is 0 Å². The lowest BCUT2D eigenvalue weighted by Gasteiger charge is -2.03. The van der Waals surface area contributed by atoms with Crippen LogP contribution in [0.15, 0.2) is 42.5 Å². The molecule has 4 nitrogen and oxygen atoms in total. The summed E-state index contributed by atoms with van der Waals surface area (Å²) in [7, 11) is 0. The number of carboxylic acids is 1. The molecule has 17 heavy (non-hydrogen) atoms. The van der Waals surface area contributed by atoms with Gasteiger partial charge in [0.05, 0.1) is 0 Å². The second-order valence-corrected chi connectivity index (χ2v) is 3.60. The van der Waals surface area contributed by atoms with E-state index < -0.39 is 5.97 Å². The molecule has 0 saturated heterocycles. The normalized spacial score (nSPS) is 13.5. The van der Waals surface area contributed by atoms with E-state index in [1.807, 2.05) is 6.07 Å². The van der Waals surface area contributed by atoms with Gasteiger partial charge in [0, 0.05) is 12.0 Å². The highest BCUT2D eigenvalue weighted by atomic mass is 16.7. The molecule has 2 rings (SSSR count). The molecule has 0 unspecified atom stereocenters. The lowest BCUT2D eigenvalue weighted by molar-refractivity contribution is -0.132. The molecule has 0 fully saturated rings. The first kappa shape index (κ1) is 11.3. The molecule has 0 spiro atoms. The zero-order chi connectivity index (χ0) is 12.3. The third-order valence-electron chi connectivity index (χ3n) is 2.43. The topological polar surface area (TPSA) is 55.8 Å². The second kappa shape index (κ2) is 4.74. The number of ether oxygens (including phenoxy) is 2. The molecule has 1 aliphatic heterocycles. The van der Waals surface area contributed by atoms with Crippen molar-refractivity contribution >= 4 is 5.97 Å². The number of aliphatic carboxylic acids is 1. The van der Waals surface area contributed by atoms with E-state index in [2.05, 4.69) is 6.58 Å². The Bertz CT molecular complexity index is 488. The smallest absolute Gasteiger partial charge is 0.331 e. The third kappa shape index (κ3) is 2.47. The molecular weight excluding hydrogens is 220 g/mol. The number of hydrogen-bond donors (Lipinski definition) is 1. The largest absolute Gasteiger partial charge is 0.478 e. The van der Waals surface area contributed by atoms with E-state index in [0.29, 0.717) is 23.5 Å². The number of benzene rings is 1. The SMILES string of the molecule is C=CC=C(Cc1ccc2c(c1)OCO2)C(=O)O. The average Bonchev–Trinajstić information content (AvgIpc) is 2.75. The van der Waals surface area contributed by atoms with E-state index in [0.717, 1.165) is 5.56 Å². The van der Waals surface area contributed by atoms with Crippen molar-refractivity contribution in [3.05, 3.63) is 48.1 Å². The van der Waals surface area contributed by atoms with Crippen LogP contribution in [-0.4, -0.2) is 17.9 Å².